The van der Waals surface area contributed by atoms with Gasteiger partial charge in [0, 0.05) is 6.54 Å². The van der Waals surface area contributed by atoms with Crippen molar-refractivity contribution in [2.45, 2.75) is 32.5 Å². The minimum atomic E-state index is -1.27. The number of hydrogen-bond donors (Lipinski definition) is 2. The van der Waals surface area contributed by atoms with E-state index in [9.17, 15) is 4.79 Å². The molecule has 0 bridgehead atoms. The van der Waals surface area contributed by atoms with Crippen molar-refractivity contribution in [1.29, 1.82) is 0 Å². The van der Waals surface area contributed by atoms with Gasteiger partial charge < -0.3 is 19.6 Å². The Kier molecular flexibility index (Phi) is 4.72. The van der Waals surface area contributed by atoms with E-state index in [1.165, 1.54) is 13.8 Å². The molecule has 130 valence electrons. The van der Waals surface area contributed by atoms with Crippen molar-refractivity contribution in [3.63, 3.8) is 0 Å². The molecule has 0 radical (unpaired) electrons. The first kappa shape index (κ1) is 17.0. The lowest BCUT2D eigenvalue weighted by molar-refractivity contribution is -0.152. The molecule has 0 atom stereocenters. The number of ether oxygens (including phenoxy) is 1. The monoisotopic (exact) mass is 340 g/mol. The molecule has 0 spiro atoms. The van der Waals surface area contributed by atoms with E-state index in [1.54, 1.807) is 6.07 Å². The van der Waals surface area contributed by atoms with E-state index in [1.807, 2.05) is 42.5 Å². The molecule has 3 rings (SSSR count). The minimum absolute atomic E-state index is 0.500. The lowest BCUT2D eigenvalue weighted by Crippen LogP contribution is -2.37. The molecule has 0 aliphatic heterocycles. The van der Waals surface area contributed by atoms with Gasteiger partial charge in [0.05, 0.1) is 6.54 Å². The second-order valence-electron chi connectivity index (χ2n) is 6.24. The first-order valence-corrected chi connectivity index (χ1v) is 8.00. The highest BCUT2D eigenvalue weighted by atomic mass is 16.5. The van der Waals surface area contributed by atoms with Crippen molar-refractivity contribution < 1.29 is 19.1 Å². The predicted octanol–water partition coefficient (Wildman–Crippen LogP) is 3.36. The molecular weight excluding hydrogens is 320 g/mol. The summed E-state index contributed by atoms with van der Waals surface area (Å²) in [5.74, 6) is 0.140. The number of carbonyl (C=O) groups is 1. The molecule has 0 saturated heterocycles. The van der Waals surface area contributed by atoms with E-state index in [0.29, 0.717) is 24.7 Å². The molecular formula is C19H20N2O4. The lowest BCUT2D eigenvalue weighted by Gasteiger charge is -2.21. The minimum Gasteiger partial charge on any atom is -0.478 e. The van der Waals surface area contributed by atoms with Crippen LogP contribution in [0, 0.1) is 0 Å². The van der Waals surface area contributed by atoms with Crippen LogP contribution in [0.5, 0.6) is 5.75 Å². The van der Waals surface area contributed by atoms with E-state index >= 15 is 0 Å². The molecule has 0 saturated carbocycles. The molecule has 1 aromatic heterocycles. The second kappa shape index (κ2) is 6.94. The number of benzene rings is 2. The van der Waals surface area contributed by atoms with Crippen LogP contribution in [-0.2, 0) is 17.9 Å². The zero-order valence-electron chi connectivity index (χ0n) is 14.2. The molecule has 6 nitrogen and oxygen atoms in total. The molecule has 3 aromatic rings. The Bertz CT molecular complexity index is 853. The van der Waals surface area contributed by atoms with Gasteiger partial charge in [-0.1, -0.05) is 24.3 Å². The maximum Gasteiger partial charge on any atom is 0.347 e. The van der Waals surface area contributed by atoms with Crippen molar-refractivity contribution in [3.8, 4) is 5.75 Å². The molecule has 1 heterocycles. The number of para-hydroxylation sites is 2. The van der Waals surface area contributed by atoms with Crippen LogP contribution in [0.25, 0.3) is 11.1 Å². The number of aliphatic carboxylic acids is 1. The number of hydrogen-bond acceptors (Lipinski definition) is 5. The van der Waals surface area contributed by atoms with Gasteiger partial charge >= 0.3 is 5.97 Å². The second-order valence-corrected chi connectivity index (χ2v) is 6.24. The molecule has 0 amide bonds. The Balaban J connectivity index is 1.59. The van der Waals surface area contributed by atoms with E-state index in [2.05, 4.69) is 10.3 Å². The van der Waals surface area contributed by atoms with Gasteiger partial charge in [-0.2, -0.15) is 0 Å². The van der Waals surface area contributed by atoms with Crippen LogP contribution in [0.1, 0.15) is 25.3 Å². The number of aromatic nitrogens is 1. The number of oxazole rings is 1. The van der Waals surface area contributed by atoms with Crippen molar-refractivity contribution in [3.05, 3.63) is 60.0 Å². The van der Waals surface area contributed by atoms with Gasteiger partial charge in [0.25, 0.3) is 0 Å². The summed E-state index contributed by atoms with van der Waals surface area (Å²) >= 11 is 0. The smallest absolute Gasteiger partial charge is 0.347 e. The number of nitrogens with zero attached hydrogens (tertiary/aromatic N) is 1. The summed E-state index contributed by atoms with van der Waals surface area (Å²) in [7, 11) is 0. The Hall–Kier alpha value is -2.86. The third kappa shape index (κ3) is 4.16. The molecule has 0 unspecified atom stereocenters. The van der Waals surface area contributed by atoms with Crippen LogP contribution in [0.15, 0.2) is 52.9 Å². The molecule has 0 aliphatic carbocycles. The van der Waals surface area contributed by atoms with Crippen LogP contribution in [0.4, 0.5) is 0 Å². The van der Waals surface area contributed by atoms with E-state index in [-0.39, 0.29) is 0 Å². The maximum absolute atomic E-state index is 11.2. The fourth-order valence-electron chi connectivity index (χ4n) is 2.37. The van der Waals surface area contributed by atoms with Crippen molar-refractivity contribution >= 4 is 17.1 Å². The Labute approximate surface area is 145 Å². The summed E-state index contributed by atoms with van der Waals surface area (Å²) in [6.45, 7) is 4.13. The quantitative estimate of drug-likeness (QED) is 0.686. The van der Waals surface area contributed by atoms with Crippen LogP contribution < -0.4 is 10.1 Å². The van der Waals surface area contributed by atoms with Crippen molar-refractivity contribution in [2.24, 2.45) is 0 Å². The average Bonchev–Trinajstić information content (AvgIpc) is 2.97. The molecule has 25 heavy (non-hydrogen) atoms. The number of nitrogens with one attached hydrogen (secondary N) is 1. The fraction of sp³-hybridized carbons (Fsp3) is 0.263. The standard InChI is InChI=1S/C19H20N2O4/c1-19(2,18(22)23)25-14-7-5-6-13(10-14)11-20-12-17-21-15-8-3-4-9-16(15)24-17/h3-10,20H,11-12H2,1-2H3,(H,22,23). The third-order valence-corrected chi connectivity index (χ3v) is 3.73. The van der Waals surface area contributed by atoms with Crippen LogP contribution in [-0.4, -0.2) is 21.7 Å². The Morgan fingerprint density at radius 2 is 2.00 bits per heavy atom. The highest BCUT2D eigenvalue weighted by molar-refractivity contribution is 5.76. The first-order chi connectivity index (χ1) is 11.9. The Morgan fingerprint density at radius 3 is 2.76 bits per heavy atom. The molecule has 2 N–H and O–H groups in total. The SMILES string of the molecule is CC(C)(Oc1cccc(CNCc2nc3ccccc3o2)c1)C(=O)O. The first-order valence-electron chi connectivity index (χ1n) is 8.00. The van der Waals surface area contributed by atoms with Crippen LogP contribution >= 0.6 is 0 Å². The number of carboxylic acid groups (broad SMARTS) is 1. The highest BCUT2D eigenvalue weighted by Crippen LogP contribution is 2.20. The highest BCUT2D eigenvalue weighted by Gasteiger charge is 2.29. The van der Waals surface area contributed by atoms with Crippen LogP contribution in [0.2, 0.25) is 0 Å². The van der Waals surface area contributed by atoms with Gasteiger partial charge in [0.1, 0.15) is 11.3 Å². The van der Waals surface area contributed by atoms with E-state index < -0.39 is 11.6 Å². The van der Waals surface area contributed by atoms with Gasteiger partial charge in [-0.3, -0.25) is 0 Å². The zero-order chi connectivity index (χ0) is 17.9. The normalized spacial score (nSPS) is 11.6. The van der Waals surface area contributed by atoms with Crippen molar-refractivity contribution in [1.82, 2.24) is 10.3 Å². The average molecular weight is 340 g/mol. The number of carboxylic acids is 1. The predicted molar refractivity (Wildman–Crippen MR) is 93.3 cm³/mol. The summed E-state index contributed by atoms with van der Waals surface area (Å²) in [6.07, 6.45) is 0. The largest absolute Gasteiger partial charge is 0.478 e. The zero-order valence-corrected chi connectivity index (χ0v) is 14.2. The third-order valence-electron chi connectivity index (χ3n) is 3.73. The van der Waals surface area contributed by atoms with Gasteiger partial charge in [-0.25, -0.2) is 9.78 Å². The fourth-order valence-corrected chi connectivity index (χ4v) is 2.37. The summed E-state index contributed by atoms with van der Waals surface area (Å²) in [6, 6.07) is 15.0. The van der Waals surface area contributed by atoms with Gasteiger partial charge in [0.15, 0.2) is 11.2 Å². The van der Waals surface area contributed by atoms with Gasteiger partial charge in [0.2, 0.25) is 5.89 Å². The van der Waals surface area contributed by atoms with E-state index in [0.717, 1.165) is 16.7 Å². The molecule has 6 heteroatoms. The van der Waals surface area contributed by atoms with Gasteiger partial charge in [-0.05, 0) is 43.7 Å². The maximum atomic E-state index is 11.2. The summed E-state index contributed by atoms with van der Waals surface area (Å²) in [5, 5.41) is 12.4. The molecule has 0 fully saturated rings. The molecule has 2 aromatic carbocycles. The topological polar surface area (TPSA) is 84.6 Å². The summed E-state index contributed by atoms with van der Waals surface area (Å²) < 4.78 is 11.2. The Morgan fingerprint density at radius 1 is 1.20 bits per heavy atom. The van der Waals surface area contributed by atoms with E-state index in [4.69, 9.17) is 14.3 Å². The number of fused-ring (bicyclic) bond motifs is 1. The van der Waals surface area contributed by atoms with Crippen LogP contribution in [0.3, 0.4) is 0 Å². The molecule has 0 aliphatic rings. The van der Waals surface area contributed by atoms with Crippen molar-refractivity contribution in [2.75, 3.05) is 0 Å². The van der Waals surface area contributed by atoms with Gasteiger partial charge in [-0.15, -0.1) is 0 Å². The lowest BCUT2D eigenvalue weighted by atomic mass is 10.1. The summed E-state index contributed by atoms with van der Waals surface area (Å²) in [4.78, 5) is 15.6. The number of rotatable bonds is 7. The summed E-state index contributed by atoms with van der Waals surface area (Å²) in [5.41, 5.74) is 1.32.